The van der Waals surface area contributed by atoms with E-state index in [1.807, 2.05) is 0 Å². The van der Waals surface area contributed by atoms with Crippen molar-refractivity contribution in [1.29, 1.82) is 0 Å². The van der Waals surface area contributed by atoms with Crippen LogP contribution in [0.25, 0.3) is 0 Å². The van der Waals surface area contributed by atoms with Gasteiger partial charge in [-0.1, -0.05) is 85.0 Å². The van der Waals surface area contributed by atoms with Crippen molar-refractivity contribution in [2.24, 2.45) is 11.0 Å². The Kier molecular flexibility index (Phi) is 16.4. The van der Waals surface area contributed by atoms with Crippen LogP contribution in [0.2, 0.25) is 0 Å². The minimum atomic E-state index is 0.697. The Hall–Kier alpha value is -0.530. The van der Waals surface area contributed by atoms with Crippen LogP contribution in [0.1, 0.15) is 104 Å². The van der Waals surface area contributed by atoms with Crippen LogP contribution in [-0.2, 0) is 0 Å². The third kappa shape index (κ3) is 14.4. The first-order valence-corrected chi connectivity index (χ1v) is 9.99. The van der Waals surface area contributed by atoms with Gasteiger partial charge in [-0.25, -0.2) is 0 Å². The molecule has 0 rings (SSSR count). The van der Waals surface area contributed by atoms with Crippen molar-refractivity contribution in [3.63, 3.8) is 0 Å². The lowest BCUT2D eigenvalue weighted by Crippen LogP contribution is -2.14. The van der Waals surface area contributed by atoms with E-state index in [4.69, 9.17) is 0 Å². The van der Waals surface area contributed by atoms with Crippen LogP contribution in [0, 0.1) is 5.92 Å². The van der Waals surface area contributed by atoms with Crippen LogP contribution < -0.4 is 0 Å². The van der Waals surface area contributed by atoms with Crippen LogP contribution in [0.5, 0.6) is 0 Å². The van der Waals surface area contributed by atoms with E-state index in [1.165, 1.54) is 83.5 Å². The van der Waals surface area contributed by atoms with Crippen molar-refractivity contribution in [2.75, 3.05) is 13.6 Å². The number of hydrogen-bond acceptors (Lipinski definition) is 2. The molecule has 2 heteroatoms. The molecule has 0 spiro atoms. The minimum Gasteiger partial charge on any atom is -0.300 e. The molecular formula is C20H42N2. The highest BCUT2D eigenvalue weighted by atomic mass is 15.4. The minimum absolute atomic E-state index is 0.697. The molecule has 22 heavy (non-hydrogen) atoms. The van der Waals surface area contributed by atoms with E-state index in [0.717, 1.165) is 6.54 Å². The Morgan fingerprint density at radius 3 is 1.68 bits per heavy atom. The van der Waals surface area contributed by atoms with E-state index in [1.54, 1.807) is 0 Å². The molecule has 0 bridgehead atoms. The van der Waals surface area contributed by atoms with Crippen molar-refractivity contribution in [3.8, 4) is 0 Å². The van der Waals surface area contributed by atoms with Gasteiger partial charge in [0, 0.05) is 19.8 Å². The quantitative estimate of drug-likeness (QED) is 0.177. The van der Waals surface area contributed by atoms with Gasteiger partial charge < -0.3 is 5.01 Å². The maximum atomic E-state index is 4.65. The highest BCUT2D eigenvalue weighted by molar-refractivity contribution is 5.60. The highest BCUT2D eigenvalue weighted by Gasteiger charge is 2.06. The summed E-state index contributed by atoms with van der Waals surface area (Å²) >= 11 is 0. The molecule has 0 aliphatic rings. The topological polar surface area (TPSA) is 15.6 Å². The van der Waals surface area contributed by atoms with Gasteiger partial charge in [-0.05, 0) is 25.2 Å². The summed E-state index contributed by atoms with van der Waals surface area (Å²) in [5, 5.41) is 6.75. The first-order valence-electron chi connectivity index (χ1n) is 9.99. The van der Waals surface area contributed by atoms with Crippen LogP contribution >= 0.6 is 0 Å². The Balaban J connectivity index is 4.01. The Bertz CT molecular complexity index is 224. The third-order valence-corrected chi connectivity index (χ3v) is 4.38. The van der Waals surface area contributed by atoms with Crippen molar-refractivity contribution >= 4 is 6.21 Å². The fourth-order valence-electron chi connectivity index (χ4n) is 2.90. The molecule has 0 aromatic heterocycles. The second kappa shape index (κ2) is 16.8. The molecule has 0 radical (unpaired) electrons. The van der Waals surface area contributed by atoms with Crippen LogP contribution in [0.4, 0.5) is 0 Å². The van der Waals surface area contributed by atoms with E-state index < -0.39 is 0 Å². The van der Waals surface area contributed by atoms with Gasteiger partial charge in [-0.2, -0.15) is 5.10 Å². The molecule has 0 atom stereocenters. The third-order valence-electron chi connectivity index (χ3n) is 4.38. The summed E-state index contributed by atoms with van der Waals surface area (Å²) in [6, 6.07) is 0. The van der Waals surface area contributed by atoms with Crippen LogP contribution in [-0.4, -0.2) is 24.8 Å². The SMILES string of the molecule is CCCCCCCC(C=NN(C)CCC)CCCCCCC. The summed E-state index contributed by atoms with van der Waals surface area (Å²) in [7, 11) is 2.10. The molecule has 0 aliphatic heterocycles. The molecule has 2 nitrogen and oxygen atoms in total. The molecule has 0 unspecified atom stereocenters. The maximum Gasteiger partial charge on any atom is 0.0354 e. The second-order valence-corrected chi connectivity index (χ2v) is 6.81. The molecule has 0 saturated carbocycles. The summed E-state index contributed by atoms with van der Waals surface area (Å²) in [6.07, 6.45) is 19.9. The van der Waals surface area contributed by atoms with Gasteiger partial charge in [-0.3, -0.25) is 0 Å². The number of hydrogen-bond donors (Lipinski definition) is 0. The Labute approximate surface area is 140 Å². The number of nitrogens with zero attached hydrogens (tertiary/aromatic N) is 2. The normalized spacial score (nSPS) is 11.7. The van der Waals surface area contributed by atoms with Crippen molar-refractivity contribution < 1.29 is 0 Å². The van der Waals surface area contributed by atoms with E-state index in [9.17, 15) is 0 Å². The zero-order valence-corrected chi connectivity index (χ0v) is 15.9. The number of rotatable bonds is 16. The summed E-state index contributed by atoms with van der Waals surface area (Å²) in [5.41, 5.74) is 0. The fourth-order valence-corrected chi connectivity index (χ4v) is 2.90. The number of unbranched alkanes of at least 4 members (excludes halogenated alkanes) is 8. The van der Waals surface area contributed by atoms with Gasteiger partial charge in [0.25, 0.3) is 0 Å². The van der Waals surface area contributed by atoms with Gasteiger partial charge in [0.1, 0.15) is 0 Å². The second-order valence-electron chi connectivity index (χ2n) is 6.81. The van der Waals surface area contributed by atoms with E-state index >= 15 is 0 Å². The van der Waals surface area contributed by atoms with Gasteiger partial charge in [0.15, 0.2) is 0 Å². The van der Waals surface area contributed by atoms with Crippen molar-refractivity contribution in [2.45, 2.75) is 104 Å². The average molecular weight is 311 g/mol. The van der Waals surface area contributed by atoms with Gasteiger partial charge in [0.05, 0.1) is 0 Å². The first kappa shape index (κ1) is 21.5. The monoisotopic (exact) mass is 310 g/mol. The standard InChI is InChI=1S/C20H42N2/c1-5-8-10-12-14-16-20(17-15-13-11-9-6-2)19-21-22(4)18-7-3/h19-20H,5-18H2,1-4H3. The fraction of sp³-hybridized carbons (Fsp3) is 0.950. The van der Waals surface area contributed by atoms with Gasteiger partial charge in [0.2, 0.25) is 0 Å². The molecular weight excluding hydrogens is 268 g/mol. The van der Waals surface area contributed by atoms with E-state index in [2.05, 4.69) is 44.1 Å². The van der Waals surface area contributed by atoms with Crippen molar-refractivity contribution in [3.05, 3.63) is 0 Å². The smallest absolute Gasteiger partial charge is 0.0354 e. The largest absolute Gasteiger partial charge is 0.300 e. The molecule has 0 saturated heterocycles. The summed E-state index contributed by atoms with van der Waals surface area (Å²) in [4.78, 5) is 0. The lowest BCUT2D eigenvalue weighted by atomic mass is 9.95. The summed E-state index contributed by atoms with van der Waals surface area (Å²) in [6.45, 7) is 7.85. The average Bonchev–Trinajstić information content (AvgIpc) is 2.51. The number of hydrazone groups is 1. The molecule has 0 aromatic rings. The molecule has 0 aliphatic carbocycles. The lowest BCUT2D eigenvalue weighted by molar-refractivity contribution is 0.352. The Morgan fingerprint density at radius 2 is 1.23 bits per heavy atom. The van der Waals surface area contributed by atoms with Crippen LogP contribution in [0.15, 0.2) is 5.10 Å². The molecule has 0 heterocycles. The summed E-state index contributed by atoms with van der Waals surface area (Å²) in [5.74, 6) is 0.697. The van der Waals surface area contributed by atoms with Crippen LogP contribution in [0.3, 0.4) is 0 Å². The predicted octanol–water partition coefficient (Wildman–Crippen LogP) is 6.65. The predicted molar refractivity (Wildman–Crippen MR) is 102 cm³/mol. The molecule has 0 aromatic carbocycles. The zero-order chi connectivity index (χ0) is 16.5. The zero-order valence-electron chi connectivity index (χ0n) is 15.9. The molecule has 0 fully saturated rings. The van der Waals surface area contributed by atoms with E-state index in [-0.39, 0.29) is 0 Å². The summed E-state index contributed by atoms with van der Waals surface area (Å²) < 4.78 is 0. The molecule has 0 N–H and O–H groups in total. The van der Waals surface area contributed by atoms with Gasteiger partial charge in [-0.15, -0.1) is 0 Å². The molecule has 132 valence electrons. The van der Waals surface area contributed by atoms with Gasteiger partial charge >= 0.3 is 0 Å². The first-order chi connectivity index (χ1) is 10.7. The van der Waals surface area contributed by atoms with E-state index in [0.29, 0.717) is 5.92 Å². The van der Waals surface area contributed by atoms with Crippen molar-refractivity contribution in [1.82, 2.24) is 5.01 Å². The lowest BCUT2D eigenvalue weighted by Gasteiger charge is -2.15. The maximum absolute atomic E-state index is 4.65. The molecule has 0 amide bonds. The Morgan fingerprint density at radius 1 is 0.727 bits per heavy atom. The highest BCUT2D eigenvalue weighted by Crippen LogP contribution is 2.17.